The summed E-state index contributed by atoms with van der Waals surface area (Å²) >= 11 is 3.46. The van der Waals surface area contributed by atoms with Gasteiger partial charge in [-0.2, -0.15) is 0 Å². The molecule has 0 atom stereocenters. The van der Waals surface area contributed by atoms with Crippen molar-refractivity contribution in [1.82, 2.24) is 4.98 Å². The van der Waals surface area contributed by atoms with Crippen LogP contribution >= 0.6 is 15.9 Å². The van der Waals surface area contributed by atoms with Gasteiger partial charge in [0.25, 0.3) is 0 Å². The molecule has 0 amide bonds. The van der Waals surface area contributed by atoms with Gasteiger partial charge in [-0.05, 0) is 54.5 Å². The largest absolute Gasteiger partial charge is 0.326 e. The van der Waals surface area contributed by atoms with E-state index in [0.717, 1.165) is 34.1 Å². The standard InChI is InChI=1S/C17H18BrNO/c18-13-9-7-12(8-10-13)15-11-17(20)19-16-6-4-2-1-3-5-14(15)16/h7-11H,1-6H2,(H,19,20). The third kappa shape index (κ3) is 2.88. The van der Waals surface area contributed by atoms with Crippen LogP contribution in [-0.2, 0) is 12.8 Å². The molecule has 104 valence electrons. The predicted octanol–water partition coefficient (Wildman–Crippen LogP) is 4.46. The van der Waals surface area contributed by atoms with Crippen LogP contribution in [0.2, 0.25) is 0 Å². The van der Waals surface area contributed by atoms with Crippen LogP contribution < -0.4 is 5.56 Å². The fourth-order valence-electron chi connectivity index (χ4n) is 2.98. The molecule has 2 aromatic rings. The van der Waals surface area contributed by atoms with E-state index in [1.54, 1.807) is 6.07 Å². The summed E-state index contributed by atoms with van der Waals surface area (Å²) in [5.41, 5.74) is 4.75. The van der Waals surface area contributed by atoms with Crippen molar-refractivity contribution < 1.29 is 0 Å². The highest BCUT2D eigenvalue weighted by atomic mass is 79.9. The lowest BCUT2D eigenvalue weighted by molar-refractivity contribution is 0.608. The molecule has 1 heterocycles. The van der Waals surface area contributed by atoms with Crippen molar-refractivity contribution in [2.45, 2.75) is 38.5 Å². The summed E-state index contributed by atoms with van der Waals surface area (Å²) in [6, 6.07) is 9.98. The fourth-order valence-corrected chi connectivity index (χ4v) is 3.25. The second-order valence-corrected chi connectivity index (χ2v) is 6.34. The van der Waals surface area contributed by atoms with E-state index in [9.17, 15) is 4.79 Å². The molecule has 0 radical (unpaired) electrons. The summed E-state index contributed by atoms with van der Waals surface area (Å²) in [6.07, 6.45) is 7.00. The number of hydrogen-bond donors (Lipinski definition) is 1. The first-order valence-electron chi connectivity index (χ1n) is 7.25. The number of aryl methyl sites for hydroxylation is 1. The molecule has 1 aromatic carbocycles. The maximum atomic E-state index is 11.9. The van der Waals surface area contributed by atoms with E-state index in [2.05, 4.69) is 33.0 Å². The Kier molecular flexibility index (Phi) is 4.06. The van der Waals surface area contributed by atoms with E-state index in [-0.39, 0.29) is 5.56 Å². The lowest BCUT2D eigenvalue weighted by Gasteiger charge is -2.17. The van der Waals surface area contributed by atoms with Crippen LogP contribution in [0, 0.1) is 0 Å². The zero-order valence-corrected chi connectivity index (χ0v) is 13.0. The molecule has 1 aromatic heterocycles. The Balaban J connectivity index is 2.13. The van der Waals surface area contributed by atoms with Crippen LogP contribution in [0.5, 0.6) is 0 Å². The minimum absolute atomic E-state index is 0.0160. The summed E-state index contributed by atoms with van der Waals surface area (Å²) < 4.78 is 1.06. The normalized spacial score (nSPS) is 15.2. The maximum Gasteiger partial charge on any atom is 0.248 e. The zero-order chi connectivity index (χ0) is 13.9. The molecule has 0 unspecified atom stereocenters. The smallest absolute Gasteiger partial charge is 0.248 e. The van der Waals surface area contributed by atoms with Gasteiger partial charge < -0.3 is 4.98 Å². The zero-order valence-electron chi connectivity index (χ0n) is 11.4. The van der Waals surface area contributed by atoms with Crippen LogP contribution in [0.3, 0.4) is 0 Å². The van der Waals surface area contributed by atoms with E-state index >= 15 is 0 Å². The number of fused-ring (bicyclic) bond motifs is 1. The van der Waals surface area contributed by atoms with E-state index in [1.807, 2.05) is 12.1 Å². The average molecular weight is 332 g/mol. The number of benzene rings is 1. The van der Waals surface area contributed by atoms with Crippen molar-refractivity contribution in [2.24, 2.45) is 0 Å². The Morgan fingerprint density at radius 2 is 1.65 bits per heavy atom. The Morgan fingerprint density at radius 3 is 2.40 bits per heavy atom. The molecule has 0 bridgehead atoms. The first kappa shape index (κ1) is 13.6. The molecule has 0 saturated heterocycles. The van der Waals surface area contributed by atoms with E-state index in [4.69, 9.17) is 0 Å². The lowest BCUT2D eigenvalue weighted by atomic mass is 9.91. The summed E-state index contributed by atoms with van der Waals surface area (Å²) in [4.78, 5) is 15.0. The van der Waals surface area contributed by atoms with Crippen molar-refractivity contribution in [2.75, 3.05) is 0 Å². The summed E-state index contributed by atoms with van der Waals surface area (Å²) in [6.45, 7) is 0. The van der Waals surface area contributed by atoms with E-state index < -0.39 is 0 Å². The number of pyridine rings is 1. The molecule has 0 aliphatic heterocycles. The summed E-state index contributed by atoms with van der Waals surface area (Å²) in [5.74, 6) is 0. The predicted molar refractivity (Wildman–Crippen MR) is 86.1 cm³/mol. The van der Waals surface area contributed by atoms with Crippen LogP contribution in [0.15, 0.2) is 39.6 Å². The van der Waals surface area contributed by atoms with Crippen LogP contribution in [0.25, 0.3) is 11.1 Å². The van der Waals surface area contributed by atoms with Crippen molar-refractivity contribution >= 4 is 15.9 Å². The monoisotopic (exact) mass is 331 g/mol. The van der Waals surface area contributed by atoms with Gasteiger partial charge in [-0.1, -0.05) is 40.9 Å². The van der Waals surface area contributed by atoms with Crippen LogP contribution in [0.1, 0.15) is 36.9 Å². The molecule has 3 heteroatoms. The fraction of sp³-hybridized carbons (Fsp3) is 0.353. The van der Waals surface area contributed by atoms with Gasteiger partial charge in [0.2, 0.25) is 5.56 Å². The summed E-state index contributed by atoms with van der Waals surface area (Å²) in [5, 5.41) is 0. The van der Waals surface area contributed by atoms with Crippen molar-refractivity contribution in [3.05, 3.63) is 56.4 Å². The highest BCUT2D eigenvalue weighted by Gasteiger charge is 2.14. The van der Waals surface area contributed by atoms with E-state index in [1.165, 1.54) is 31.2 Å². The third-order valence-corrected chi connectivity index (χ3v) is 4.53. The van der Waals surface area contributed by atoms with Gasteiger partial charge in [0.05, 0.1) is 0 Å². The van der Waals surface area contributed by atoms with Gasteiger partial charge in [0, 0.05) is 16.2 Å². The van der Waals surface area contributed by atoms with Gasteiger partial charge >= 0.3 is 0 Å². The summed E-state index contributed by atoms with van der Waals surface area (Å²) in [7, 11) is 0. The Morgan fingerprint density at radius 1 is 0.950 bits per heavy atom. The molecule has 0 saturated carbocycles. The topological polar surface area (TPSA) is 32.9 Å². The molecule has 1 N–H and O–H groups in total. The third-order valence-electron chi connectivity index (χ3n) is 4.00. The van der Waals surface area contributed by atoms with Crippen molar-refractivity contribution in [3.63, 3.8) is 0 Å². The first-order valence-corrected chi connectivity index (χ1v) is 8.04. The van der Waals surface area contributed by atoms with Gasteiger partial charge in [0.15, 0.2) is 0 Å². The molecule has 1 aliphatic rings. The molecule has 0 fully saturated rings. The second-order valence-electron chi connectivity index (χ2n) is 5.43. The molecule has 0 spiro atoms. The van der Waals surface area contributed by atoms with E-state index in [0.29, 0.717) is 0 Å². The molecule has 1 aliphatic carbocycles. The number of H-pyrrole nitrogens is 1. The average Bonchev–Trinajstić information content (AvgIpc) is 2.41. The molecule has 3 rings (SSSR count). The number of aromatic amines is 1. The number of aromatic nitrogens is 1. The number of nitrogens with one attached hydrogen (secondary N) is 1. The van der Waals surface area contributed by atoms with Gasteiger partial charge in [-0.25, -0.2) is 0 Å². The van der Waals surface area contributed by atoms with Gasteiger partial charge in [0.1, 0.15) is 0 Å². The first-order chi connectivity index (χ1) is 9.74. The highest BCUT2D eigenvalue weighted by molar-refractivity contribution is 9.10. The van der Waals surface area contributed by atoms with Crippen LogP contribution in [-0.4, -0.2) is 4.98 Å². The molecule has 2 nitrogen and oxygen atoms in total. The number of hydrogen-bond acceptors (Lipinski definition) is 1. The Hall–Kier alpha value is -1.35. The van der Waals surface area contributed by atoms with Gasteiger partial charge in [-0.3, -0.25) is 4.79 Å². The van der Waals surface area contributed by atoms with Gasteiger partial charge in [-0.15, -0.1) is 0 Å². The number of halogens is 1. The van der Waals surface area contributed by atoms with Crippen molar-refractivity contribution in [1.29, 1.82) is 0 Å². The Bertz CT molecular complexity index is 658. The second kappa shape index (κ2) is 5.96. The molecular weight excluding hydrogens is 314 g/mol. The van der Waals surface area contributed by atoms with Crippen LogP contribution in [0.4, 0.5) is 0 Å². The highest BCUT2D eigenvalue weighted by Crippen LogP contribution is 2.29. The lowest BCUT2D eigenvalue weighted by Crippen LogP contribution is -2.14. The minimum atomic E-state index is 0.0160. The SMILES string of the molecule is O=c1cc(-c2ccc(Br)cc2)c2c([nH]1)CCCCCC2. The maximum absolute atomic E-state index is 11.9. The Labute approximate surface area is 127 Å². The molecular formula is C17H18BrNO. The quantitative estimate of drug-likeness (QED) is 0.821. The van der Waals surface area contributed by atoms with Crippen molar-refractivity contribution in [3.8, 4) is 11.1 Å². The molecule has 20 heavy (non-hydrogen) atoms. The minimum Gasteiger partial charge on any atom is -0.326 e. The number of rotatable bonds is 1.